The minimum atomic E-state index is -1.27. The van der Waals surface area contributed by atoms with Crippen molar-refractivity contribution in [1.29, 1.82) is 0 Å². The summed E-state index contributed by atoms with van der Waals surface area (Å²) in [6, 6.07) is 0. The molecule has 1 aromatic rings. The first kappa shape index (κ1) is 30.9. The van der Waals surface area contributed by atoms with Gasteiger partial charge >= 0.3 is 17.9 Å². The summed E-state index contributed by atoms with van der Waals surface area (Å²) in [4.78, 5) is 54.8. The van der Waals surface area contributed by atoms with Gasteiger partial charge in [0.25, 0.3) is 0 Å². The van der Waals surface area contributed by atoms with Gasteiger partial charge in [0.1, 0.15) is 11.7 Å². The molecule has 0 fully saturated rings. The van der Waals surface area contributed by atoms with Crippen molar-refractivity contribution in [3.05, 3.63) is 121 Å². The van der Waals surface area contributed by atoms with Crippen molar-refractivity contribution in [2.24, 2.45) is 20.9 Å². The molecule has 0 spiro atoms. The number of H-pyrrole nitrogens is 1. The van der Waals surface area contributed by atoms with Gasteiger partial charge in [-0.05, 0) is 67.4 Å². The maximum absolute atomic E-state index is 13.2. The molecule has 4 N–H and O–H groups in total. The number of carbonyl (C=O) groups excluding carboxylic acids is 1. The minimum absolute atomic E-state index is 0.265. The number of aromatic nitrogens is 1. The van der Waals surface area contributed by atoms with Crippen LogP contribution < -0.4 is 10.7 Å². The third-order valence-corrected chi connectivity index (χ3v) is 8.75. The number of aromatic amines is 1. The zero-order valence-electron chi connectivity index (χ0n) is 26.1. The van der Waals surface area contributed by atoms with Gasteiger partial charge in [-0.1, -0.05) is 25.3 Å². The Kier molecular flexibility index (Phi) is 7.47. The number of esters is 1. The molecule has 1 atom stereocenters. The lowest BCUT2D eigenvalue weighted by molar-refractivity contribution is -0.143. The first-order valence-corrected chi connectivity index (χ1v) is 14.6. The van der Waals surface area contributed by atoms with Gasteiger partial charge in [0.15, 0.2) is 0 Å². The SMILES string of the molecule is C=CC1=C(C)C2=CC3=NC(=C4C5=NC(=C(C)C5=C(O)[C@@H]4C(=O)OC)C=c4[nH]c(c(CC(=O)O)c4C=C)=CC1=N2)C(/C=C/C(=O)O)=C3C. The number of carbonyl (C=O) groups is 3. The largest absolute Gasteiger partial charge is 0.510 e. The summed E-state index contributed by atoms with van der Waals surface area (Å²) in [6.45, 7) is 13.3. The zero-order chi connectivity index (χ0) is 33.9. The Bertz CT molecular complexity index is 2240. The first-order valence-electron chi connectivity index (χ1n) is 14.6. The molecular weight excluding hydrogens is 600 g/mol. The van der Waals surface area contributed by atoms with Crippen LogP contribution in [-0.2, 0) is 25.5 Å². The van der Waals surface area contributed by atoms with Crippen LogP contribution in [0.5, 0.6) is 0 Å². The summed E-state index contributed by atoms with van der Waals surface area (Å²) in [5, 5.41) is 31.9. The average Bonchev–Trinajstić information content (AvgIpc) is 3.76. The van der Waals surface area contributed by atoms with Gasteiger partial charge in [0.05, 0.1) is 47.8 Å². The van der Waals surface area contributed by atoms with Crippen LogP contribution in [0.15, 0.2) is 114 Å². The number of hydrogen-bond acceptors (Lipinski definition) is 8. The molecule has 0 saturated heterocycles. The topological polar surface area (TPSA) is 174 Å². The Hall–Kier alpha value is -6.10. The number of hydrogen-bond donors (Lipinski definition) is 4. The molecule has 5 aliphatic rings. The van der Waals surface area contributed by atoms with Crippen molar-refractivity contribution in [3.63, 3.8) is 0 Å². The molecule has 0 amide bonds. The first-order chi connectivity index (χ1) is 22.4. The molecule has 1 aromatic heterocycles. The normalized spacial score (nSPS) is 20.0. The van der Waals surface area contributed by atoms with Crippen LogP contribution in [0.1, 0.15) is 31.9 Å². The highest BCUT2D eigenvalue weighted by atomic mass is 16.5. The Morgan fingerprint density at radius 1 is 0.936 bits per heavy atom. The number of nitrogens with one attached hydrogen (secondary N) is 1. The summed E-state index contributed by atoms with van der Waals surface area (Å²) in [6.07, 6.45) is 10.6. The highest BCUT2D eigenvalue weighted by molar-refractivity contribution is 6.27. The molecule has 5 heterocycles. The zero-order valence-corrected chi connectivity index (χ0v) is 26.1. The fourth-order valence-corrected chi connectivity index (χ4v) is 6.44. The number of fused-ring (bicyclic) bond motifs is 5. The molecule has 11 nitrogen and oxygen atoms in total. The predicted octanol–water partition coefficient (Wildman–Crippen LogP) is 3.71. The monoisotopic (exact) mass is 630 g/mol. The maximum atomic E-state index is 13.2. The number of aliphatic hydroxyl groups is 1. The molecule has 47 heavy (non-hydrogen) atoms. The molecule has 0 radical (unpaired) electrons. The molecule has 6 rings (SSSR count). The third kappa shape index (κ3) is 4.83. The van der Waals surface area contributed by atoms with Gasteiger partial charge in [0.2, 0.25) is 0 Å². The predicted molar refractivity (Wildman–Crippen MR) is 178 cm³/mol. The van der Waals surface area contributed by atoms with E-state index in [1.165, 1.54) is 13.2 Å². The molecular formula is C36H30N4O7. The van der Waals surface area contributed by atoms with E-state index in [2.05, 4.69) is 18.1 Å². The molecule has 8 bridgehead atoms. The molecule has 236 valence electrons. The number of rotatable bonds is 7. The van der Waals surface area contributed by atoms with E-state index in [0.717, 1.165) is 17.2 Å². The molecule has 0 saturated carbocycles. The Balaban J connectivity index is 1.78. The number of allylic oxidation sites excluding steroid dienone is 9. The van der Waals surface area contributed by atoms with Crippen molar-refractivity contribution in [3.8, 4) is 0 Å². The standard InChI is InChI=1S/C36H30N4O7/c1-7-18-15(3)22-12-23-16(4)20(9-10-28(41)42)33(39-23)31-32(36(46)47-6)35(45)30-17(5)24(40-34(30)31)13-26-19(8-2)21(11-29(43)44)27(38-26)14-25(18)37-22/h7-10,12-14,32,38,45H,1-2,11H2,3-6H3,(H,41,42)(H,43,44)/b10-9+,22-12?,26-13?,27-14?,33-31?/t32-/m1/s1. The number of ether oxygens (including phenoxy) is 1. The molecule has 4 aliphatic heterocycles. The number of carboxylic acids is 2. The van der Waals surface area contributed by atoms with Gasteiger partial charge in [0, 0.05) is 44.6 Å². The van der Waals surface area contributed by atoms with Gasteiger partial charge in [-0.15, -0.1) is 0 Å². The lowest BCUT2D eigenvalue weighted by atomic mass is 9.93. The van der Waals surface area contributed by atoms with E-state index in [1.807, 2.05) is 6.92 Å². The Morgan fingerprint density at radius 2 is 1.68 bits per heavy atom. The van der Waals surface area contributed by atoms with Crippen LogP contribution in [0.4, 0.5) is 0 Å². The second-order valence-corrected chi connectivity index (χ2v) is 11.3. The summed E-state index contributed by atoms with van der Waals surface area (Å²) in [5.41, 5.74) is 7.36. The number of carboxylic acid groups (broad SMARTS) is 2. The number of aliphatic imine (C=N–C) groups is 3. The van der Waals surface area contributed by atoms with Crippen LogP contribution in [0.25, 0.3) is 18.2 Å². The van der Waals surface area contributed by atoms with Gasteiger partial charge < -0.3 is 25.0 Å². The minimum Gasteiger partial charge on any atom is -0.510 e. The van der Waals surface area contributed by atoms with Gasteiger partial charge in [-0.2, -0.15) is 0 Å². The third-order valence-electron chi connectivity index (χ3n) is 8.75. The van der Waals surface area contributed by atoms with Crippen LogP contribution in [0.3, 0.4) is 0 Å². The summed E-state index contributed by atoms with van der Waals surface area (Å²) in [7, 11) is 1.21. The number of nitrogens with zero attached hydrogens (tertiary/aromatic N) is 3. The molecule has 1 aliphatic carbocycles. The van der Waals surface area contributed by atoms with E-state index in [0.29, 0.717) is 72.6 Å². The van der Waals surface area contributed by atoms with Crippen molar-refractivity contribution in [2.75, 3.05) is 7.11 Å². The molecule has 11 heteroatoms. The van der Waals surface area contributed by atoms with E-state index >= 15 is 0 Å². The highest BCUT2D eigenvalue weighted by Crippen LogP contribution is 2.47. The van der Waals surface area contributed by atoms with E-state index in [1.54, 1.807) is 44.2 Å². The van der Waals surface area contributed by atoms with E-state index in [4.69, 9.17) is 19.7 Å². The van der Waals surface area contributed by atoms with Crippen LogP contribution >= 0.6 is 0 Å². The number of aliphatic carboxylic acids is 2. The fraction of sp³-hybridized carbons (Fsp3) is 0.167. The highest BCUT2D eigenvalue weighted by Gasteiger charge is 2.47. The van der Waals surface area contributed by atoms with Gasteiger partial charge in [-0.3, -0.25) is 9.59 Å². The van der Waals surface area contributed by atoms with Crippen LogP contribution in [0.2, 0.25) is 0 Å². The summed E-state index contributed by atoms with van der Waals surface area (Å²) in [5.74, 6) is -4.47. The maximum Gasteiger partial charge on any atom is 0.328 e. The second kappa shape index (κ2) is 11.4. The lowest BCUT2D eigenvalue weighted by Gasteiger charge is -2.14. The van der Waals surface area contributed by atoms with Crippen LogP contribution in [0, 0.1) is 5.92 Å². The van der Waals surface area contributed by atoms with Crippen molar-refractivity contribution >= 4 is 53.3 Å². The molecule has 0 aromatic carbocycles. The average molecular weight is 631 g/mol. The smallest absolute Gasteiger partial charge is 0.328 e. The van der Waals surface area contributed by atoms with Gasteiger partial charge in [-0.25, -0.2) is 19.8 Å². The summed E-state index contributed by atoms with van der Waals surface area (Å²) < 4.78 is 5.10. The lowest BCUT2D eigenvalue weighted by Crippen LogP contribution is -2.20. The fourth-order valence-electron chi connectivity index (χ4n) is 6.44. The number of aliphatic hydroxyl groups excluding tert-OH is 1. The Morgan fingerprint density at radius 3 is 2.32 bits per heavy atom. The van der Waals surface area contributed by atoms with E-state index in [-0.39, 0.29) is 23.5 Å². The number of methoxy groups -OCH3 is 1. The van der Waals surface area contributed by atoms with Crippen molar-refractivity contribution in [2.45, 2.75) is 27.2 Å². The quantitative estimate of drug-likeness (QED) is 0.262. The van der Waals surface area contributed by atoms with E-state index in [9.17, 15) is 29.7 Å². The Labute approximate surface area is 268 Å². The molecule has 0 unspecified atom stereocenters. The van der Waals surface area contributed by atoms with E-state index < -0.39 is 23.8 Å². The second-order valence-electron chi connectivity index (χ2n) is 11.3. The van der Waals surface area contributed by atoms with Crippen molar-refractivity contribution in [1.82, 2.24) is 4.98 Å². The van der Waals surface area contributed by atoms with Crippen LogP contribution in [-0.4, -0.2) is 62.5 Å². The van der Waals surface area contributed by atoms with Crippen molar-refractivity contribution < 1.29 is 34.4 Å². The summed E-state index contributed by atoms with van der Waals surface area (Å²) >= 11 is 0.